The van der Waals surface area contributed by atoms with E-state index in [1.807, 2.05) is 0 Å². The minimum Gasteiger partial charge on any atom is -0.493 e. The summed E-state index contributed by atoms with van der Waals surface area (Å²) in [5, 5.41) is 1.04. The minimum absolute atomic E-state index is 0.651. The van der Waals surface area contributed by atoms with E-state index in [-0.39, 0.29) is 0 Å². The Morgan fingerprint density at radius 1 is 0.611 bits per heavy atom. The SMILES string of the molecule is CCCCCCCCCCCCCCCc1cc(OCCCCBr)cc(OCC(CC)CCCC)c1. The lowest BCUT2D eigenvalue weighted by atomic mass is 10.0. The van der Waals surface area contributed by atoms with E-state index in [1.165, 1.54) is 115 Å². The second kappa shape index (κ2) is 24.6. The van der Waals surface area contributed by atoms with Gasteiger partial charge in [-0.1, -0.05) is 133 Å². The van der Waals surface area contributed by atoms with Crippen LogP contribution < -0.4 is 9.47 Å². The van der Waals surface area contributed by atoms with E-state index in [4.69, 9.17) is 9.47 Å². The summed E-state index contributed by atoms with van der Waals surface area (Å²) < 4.78 is 12.4. The molecule has 0 aromatic heterocycles. The number of rotatable bonds is 26. The third-order valence-electron chi connectivity index (χ3n) is 7.33. The number of halogens is 1. The summed E-state index contributed by atoms with van der Waals surface area (Å²) in [5.41, 5.74) is 1.37. The third kappa shape index (κ3) is 18.5. The number of benzene rings is 1. The van der Waals surface area contributed by atoms with Crippen molar-refractivity contribution >= 4 is 15.9 Å². The molecule has 1 aromatic carbocycles. The molecule has 0 aliphatic rings. The number of alkyl halides is 1. The third-order valence-corrected chi connectivity index (χ3v) is 7.90. The van der Waals surface area contributed by atoms with Crippen molar-refractivity contribution in [2.24, 2.45) is 5.92 Å². The standard InChI is InChI=1S/C33H59BrO2/c1-4-7-9-10-11-12-13-14-15-16-17-18-19-23-31-26-32(35-25-21-20-24-34)28-33(27-31)36-29-30(6-3)22-8-5-2/h26-28,30H,4-25,29H2,1-3H3. The Morgan fingerprint density at radius 2 is 1.17 bits per heavy atom. The van der Waals surface area contributed by atoms with Crippen LogP contribution in [0.2, 0.25) is 0 Å². The lowest BCUT2D eigenvalue weighted by Gasteiger charge is -2.17. The Bertz CT molecular complexity index is 603. The van der Waals surface area contributed by atoms with Gasteiger partial charge >= 0.3 is 0 Å². The number of hydrogen-bond donors (Lipinski definition) is 0. The molecule has 2 nitrogen and oxygen atoms in total. The van der Waals surface area contributed by atoms with Crippen LogP contribution in [0.5, 0.6) is 11.5 Å². The second-order valence-corrected chi connectivity index (χ2v) is 11.6. The van der Waals surface area contributed by atoms with Crippen molar-refractivity contribution in [3.8, 4) is 11.5 Å². The molecule has 1 aromatic rings. The zero-order valence-electron chi connectivity index (χ0n) is 24.3. The summed E-state index contributed by atoms with van der Waals surface area (Å²) in [6.07, 6.45) is 26.6. The van der Waals surface area contributed by atoms with Crippen molar-refractivity contribution in [2.75, 3.05) is 18.5 Å². The maximum Gasteiger partial charge on any atom is 0.123 e. The first-order chi connectivity index (χ1) is 17.7. The average molecular weight is 568 g/mol. The molecule has 0 fully saturated rings. The van der Waals surface area contributed by atoms with Gasteiger partial charge in [0.15, 0.2) is 0 Å². The van der Waals surface area contributed by atoms with Crippen LogP contribution in [0.25, 0.3) is 0 Å². The first-order valence-corrected chi connectivity index (χ1v) is 16.8. The minimum atomic E-state index is 0.651. The van der Waals surface area contributed by atoms with Gasteiger partial charge in [0.2, 0.25) is 0 Å². The molecule has 1 unspecified atom stereocenters. The van der Waals surface area contributed by atoms with E-state index < -0.39 is 0 Å². The molecular weight excluding hydrogens is 508 g/mol. The highest BCUT2D eigenvalue weighted by Gasteiger charge is 2.09. The van der Waals surface area contributed by atoms with Gasteiger partial charge in [-0.2, -0.15) is 0 Å². The molecule has 0 N–H and O–H groups in total. The van der Waals surface area contributed by atoms with Crippen LogP contribution in [0.4, 0.5) is 0 Å². The predicted octanol–water partition coefficient (Wildman–Crippen LogP) is 11.5. The van der Waals surface area contributed by atoms with Crippen molar-refractivity contribution in [3.05, 3.63) is 23.8 Å². The Labute approximate surface area is 233 Å². The molecule has 0 spiro atoms. The van der Waals surface area contributed by atoms with Gasteiger partial charge in [0.05, 0.1) is 13.2 Å². The summed E-state index contributed by atoms with van der Waals surface area (Å²) in [6.45, 7) is 8.45. The zero-order valence-corrected chi connectivity index (χ0v) is 25.9. The lowest BCUT2D eigenvalue weighted by molar-refractivity contribution is 0.231. The van der Waals surface area contributed by atoms with Crippen molar-refractivity contribution in [1.29, 1.82) is 0 Å². The van der Waals surface area contributed by atoms with Crippen molar-refractivity contribution in [3.63, 3.8) is 0 Å². The molecule has 3 heteroatoms. The topological polar surface area (TPSA) is 18.5 Å². The van der Waals surface area contributed by atoms with Crippen molar-refractivity contribution in [1.82, 2.24) is 0 Å². The number of ether oxygens (including phenoxy) is 2. The number of aryl methyl sites for hydroxylation is 1. The first kappa shape index (κ1) is 33.3. The molecule has 0 saturated heterocycles. The van der Waals surface area contributed by atoms with E-state index in [1.54, 1.807) is 0 Å². The average Bonchev–Trinajstić information content (AvgIpc) is 2.89. The van der Waals surface area contributed by atoms with Crippen LogP contribution in [0.15, 0.2) is 18.2 Å². The summed E-state index contributed by atoms with van der Waals surface area (Å²) >= 11 is 3.51. The van der Waals surface area contributed by atoms with Gasteiger partial charge in [0.25, 0.3) is 0 Å². The predicted molar refractivity (Wildman–Crippen MR) is 163 cm³/mol. The Kier molecular flexibility index (Phi) is 22.8. The summed E-state index contributed by atoms with van der Waals surface area (Å²) in [5.74, 6) is 2.62. The molecule has 0 aliphatic carbocycles. The van der Waals surface area contributed by atoms with Crippen LogP contribution in [0.3, 0.4) is 0 Å². The fourth-order valence-corrected chi connectivity index (χ4v) is 5.18. The molecular formula is C33H59BrO2. The molecule has 0 heterocycles. The fourth-order valence-electron chi connectivity index (χ4n) is 4.79. The lowest BCUT2D eigenvalue weighted by Crippen LogP contribution is -2.11. The molecule has 0 aliphatic heterocycles. The number of hydrogen-bond acceptors (Lipinski definition) is 2. The highest BCUT2D eigenvalue weighted by atomic mass is 79.9. The van der Waals surface area contributed by atoms with Crippen LogP contribution in [0, 0.1) is 5.92 Å². The van der Waals surface area contributed by atoms with Gasteiger partial charge < -0.3 is 9.47 Å². The quantitative estimate of drug-likeness (QED) is 0.0819. The molecule has 210 valence electrons. The number of unbranched alkanes of at least 4 members (excludes halogenated alkanes) is 14. The summed E-state index contributed by atoms with van der Waals surface area (Å²) in [4.78, 5) is 0. The van der Waals surface area contributed by atoms with E-state index in [9.17, 15) is 0 Å². The zero-order chi connectivity index (χ0) is 26.1. The van der Waals surface area contributed by atoms with Gasteiger partial charge in [-0.15, -0.1) is 0 Å². The van der Waals surface area contributed by atoms with Gasteiger partial charge in [-0.3, -0.25) is 0 Å². The molecule has 0 bridgehead atoms. The summed E-state index contributed by atoms with van der Waals surface area (Å²) in [7, 11) is 0. The second-order valence-electron chi connectivity index (χ2n) is 10.8. The molecule has 0 amide bonds. The van der Waals surface area contributed by atoms with E-state index in [0.29, 0.717) is 5.92 Å². The van der Waals surface area contributed by atoms with Crippen LogP contribution in [-0.2, 0) is 6.42 Å². The van der Waals surface area contributed by atoms with Crippen LogP contribution in [-0.4, -0.2) is 18.5 Å². The van der Waals surface area contributed by atoms with Gasteiger partial charge in [0.1, 0.15) is 11.5 Å². The van der Waals surface area contributed by atoms with Crippen molar-refractivity contribution < 1.29 is 9.47 Å². The monoisotopic (exact) mass is 566 g/mol. The van der Waals surface area contributed by atoms with Gasteiger partial charge in [0, 0.05) is 11.4 Å². The van der Waals surface area contributed by atoms with Gasteiger partial charge in [-0.05, 0) is 55.7 Å². The highest BCUT2D eigenvalue weighted by molar-refractivity contribution is 9.09. The molecule has 1 atom stereocenters. The maximum atomic E-state index is 6.30. The Balaban J connectivity index is 2.36. The van der Waals surface area contributed by atoms with E-state index >= 15 is 0 Å². The molecule has 1 rings (SSSR count). The Morgan fingerprint density at radius 3 is 1.72 bits per heavy atom. The normalized spacial score (nSPS) is 12.1. The highest BCUT2D eigenvalue weighted by Crippen LogP contribution is 2.26. The van der Waals surface area contributed by atoms with E-state index in [2.05, 4.69) is 54.9 Å². The van der Waals surface area contributed by atoms with E-state index in [0.717, 1.165) is 49.3 Å². The fraction of sp³-hybridized carbons (Fsp3) is 0.818. The maximum absolute atomic E-state index is 6.30. The first-order valence-electron chi connectivity index (χ1n) is 15.7. The van der Waals surface area contributed by atoms with Crippen molar-refractivity contribution in [2.45, 2.75) is 149 Å². The van der Waals surface area contributed by atoms with Crippen LogP contribution >= 0.6 is 15.9 Å². The van der Waals surface area contributed by atoms with Gasteiger partial charge in [-0.25, -0.2) is 0 Å². The summed E-state index contributed by atoms with van der Waals surface area (Å²) in [6, 6.07) is 6.61. The smallest absolute Gasteiger partial charge is 0.123 e. The molecule has 36 heavy (non-hydrogen) atoms. The van der Waals surface area contributed by atoms with Crippen LogP contribution in [0.1, 0.15) is 148 Å². The molecule has 0 saturated carbocycles. The largest absolute Gasteiger partial charge is 0.493 e. The Hall–Kier alpha value is -0.700. The molecule has 0 radical (unpaired) electrons.